The van der Waals surface area contributed by atoms with Gasteiger partial charge in [0.1, 0.15) is 5.82 Å². The van der Waals surface area contributed by atoms with Crippen LogP contribution in [0.2, 0.25) is 0 Å². The number of benzene rings is 2. The summed E-state index contributed by atoms with van der Waals surface area (Å²) in [6.45, 7) is 6.79. The first kappa shape index (κ1) is 18.8. The first-order valence-electron chi connectivity index (χ1n) is 8.81. The fourth-order valence-corrected chi connectivity index (χ4v) is 3.60. The summed E-state index contributed by atoms with van der Waals surface area (Å²) in [7, 11) is 1.84. The van der Waals surface area contributed by atoms with Crippen LogP contribution >= 0.6 is 0 Å². The summed E-state index contributed by atoms with van der Waals surface area (Å²) in [5.74, 6) is -1.20. The van der Waals surface area contributed by atoms with Crippen LogP contribution in [-0.2, 0) is 11.8 Å². The van der Waals surface area contributed by atoms with Gasteiger partial charge in [0.15, 0.2) is 0 Å². The lowest BCUT2D eigenvalue weighted by molar-refractivity contribution is -0.129. The molecule has 0 saturated carbocycles. The highest BCUT2D eigenvalue weighted by atomic mass is 19.1. The van der Waals surface area contributed by atoms with Crippen molar-refractivity contribution in [3.63, 3.8) is 0 Å². The Morgan fingerprint density at radius 2 is 1.67 bits per heavy atom. The number of fused-ring (bicyclic) bond motifs is 1. The second kappa shape index (κ2) is 6.65. The molecule has 0 aliphatic heterocycles. The van der Waals surface area contributed by atoms with Crippen molar-refractivity contribution < 1.29 is 14.0 Å². The maximum absolute atomic E-state index is 14.0. The zero-order valence-corrected chi connectivity index (χ0v) is 16.2. The van der Waals surface area contributed by atoms with E-state index >= 15 is 0 Å². The van der Waals surface area contributed by atoms with Crippen LogP contribution in [-0.4, -0.2) is 26.8 Å². The molecule has 0 bridgehead atoms. The third-order valence-electron chi connectivity index (χ3n) is 4.61. The molecule has 5 heteroatoms. The monoisotopic (exact) mass is 366 g/mol. The van der Waals surface area contributed by atoms with Crippen molar-refractivity contribution in [1.29, 1.82) is 0 Å². The molecule has 1 aromatic heterocycles. The van der Waals surface area contributed by atoms with Crippen molar-refractivity contribution in [3.8, 4) is 11.3 Å². The van der Waals surface area contributed by atoms with E-state index in [2.05, 4.69) is 0 Å². The highest BCUT2D eigenvalue weighted by Crippen LogP contribution is 2.35. The lowest BCUT2D eigenvalue weighted by atomic mass is 10.00. The molecular formula is C22H23FN2O2. The smallest absolute Gasteiger partial charge is 0.263 e. The van der Waals surface area contributed by atoms with Gasteiger partial charge in [-0.2, -0.15) is 0 Å². The van der Waals surface area contributed by atoms with Gasteiger partial charge in [0, 0.05) is 30.4 Å². The Morgan fingerprint density at radius 3 is 2.22 bits per heavy atom. The Labute approximate surface area is 158 Å². The molecule has 2 amide bonds. The number of aryl methyl sites for hydroxylation is 1. The number of hydrogen-bond acceptors (Lipinski definition) is 2. The van der Waals surface area contributed by atoms with Crippen molar-refractivity contribution in [2.75, 3.05) is 0 Å². The molecule has 0 N–H and O–H groups in total. The topological polar surface area (TPSA) is 42.3 Å². The normalized spacial score (nSPS) is 11.6. The first-order valence-corrected chi connectivity index (χ1v) is 8.81. The maximum atomic E-state index is 14.0. The van der Waals surface area contributed by atoms with Gasteiger partial charge < -0.3 is 4.57 Å². The average Bonchev–Trinajstić information content (AvgIpc) is 2.86. The van der Waals surface area contributed by atoms with Crippen LogP contribution in [0.3, 0.4) is 0 Å². The zero-order valence-electron chi connectivity index (χ0n) is 16.2. The van der Waals surface area contributed by atoms with Crippen LogP contribution in [0.15, 0.2) is 48.5 Å². The fourth-order valence-electron chi connectivity index (χ4n) is 3.60. The van der Waals surface area contributed by atoms with Crippen LogP contribution in [0.4, 0.5) is 4.39 Å². The Kier molecular flexibility index (Phi) is 4.64. The van der Waals surface area contributed by atoms with Crippen molar-refractivity contribution in [3.05, 3.63) is 59.9 Å². The molecule has 0 unspecified atom stereocenters. The molecule has 0 fully saturated rings. The van der Waals surface area contributed by atoms with Crippen LogP contribution in [0.1, 0.15) is 38.1 Å². The molecule has 3 aromatic rings. The largest absolute Gasteiger partial charge is 0.343 e. The predicted octanol–water partition coefficient (Wildman–Crippen LogP) is 4.77. The summed E-state index contributed by atoms with van der Waals surface area (Å²) in [5, 5.41) is 0.497. The number of rotatable bonds is 2. The number of hydrogen-bond donors (Lipinski definition) is 0. The summed E-state index contributed by atoms with van der Waals surface area (Å²) in [6, 6.07) is 13.8. The number of amides is 2. The second-order valence-electron chi connectivity index (χ2n) is 7.64. The SMILES string of the molecule is CC(=O)N(C(=O)c1c(-c2ccccc2)n(C)c2ccc(F)cc12)C(C)(C)C. The number of carbonyl (C=O) groups excluding carboxylic acids is 2. The third kappa shape index (κ3) is 3.25. The molecular weight excluding hydrogens is 343 g/mol. The highest BCUT2D eigenvalue weighted by molar-refractivity contribution is 6.16. The van der Waals surface area contributed by atoms with Gasteiger partial charge in [-0.3, -0.25) is 14.5 Å². The minimum atomic E-state index is -0.702. The van der Waals surface area contributed by atoms with Crippen molar-refractivity contribution in [2.24, 2.45) is 7.05 Å². The minimum absolute atomic E-state index is 0.336. The summed E-state index contributed by atoms with van der Waals surface area (Å²) in [5.41, 5.74) is 1.86. The van der Waals surface area contributed by atoms with Crippen molar-refractivity contribution in [1.82, 2.24) is 9.47 Å². The van der Waals surface area contributed by atoms with Gasteiger partial charge in [-0.25, -0.2) is 4.39 Å². The molecule has 0 aliphatic carbocycles. The van der Waals surface area contributed by atoms with Crippen LogP contribution in [0.5, 0.6) is 0 Å². The highest BCUT2D eigenvalue weighted by Gasteiger charge is 2.34. The van der Waals surface area contributed by atoms with E-state index in [1.807, 2.05) is 41.9 Å². The van der Waals surface area contributed by atoms with Gasteiger partial charge in [-0.1, -0.05) is 30.3 Å². The molecule has 0 atom stereocenters. The minimum Gasteiger partial charge on any atom is -0.343 e. The molecule has 4 nitrogen and oxygen atoms in total. The van der Waals surface area contributed by atoms with E-state index in [4.69, 9.17) is 0 Å². The molecule has 140 valence electrons. The summed E-state index contributed by atoms with van der Waals surface area (Å²) < 4.78 is 15.9. The molecule has 0 spiro atoms. The molecule has 2 aromatic carbocycles. The van der Waals surface area contributed by atoms with E-state index in [-0.39, 0.29) is 5.91 Å². The molecule has 3 rings (SSSR count). The van der Waals surface area contributed by atoms with Crippen LogP contribution in [0, 0.1) is 5.82 Å². The first-order chi connectivity index (χ1) is 12.6. The molecule has 27 heavy (non-hydrogen) atoms. The Morgan fingerprint density at radius 1 is 1.04 bits per heavy atom. The number of halogens is 1. The predicted molar refractivity (Wildman–Crippen MR) is 105 cm³/mol. The molecule has 0 saturated heterocycles. The summed E-state index contributed by atoms with van der Waals surface area (Å²) in [6.07, 6.45) is 0. The van der Waals surface area contributed by atoms with Gasteiger partial charge in [-0.15, -0.1) is 0 Å². The Hall–Kier alpha value is -2.95. The lowest BCUT2D eigenvalue weighted by Gasteiger charge is -2.33. The van der Waals surface area contributed by atoms with E-state index in [1.54, 1.807) is 26.8 Å². The summed E-state index contributed by atoms with van der Waals surface area (Å²) in [4.78, 5) is 27.1. The molecule has 0 radical (unpaired) electrons. The number of aromatic nitrogens is 1. The number of imide groups is 1. The lowest BCUT2D eigenvalue weighted by Crippen LogP contribution is -2.48. The third-order valence-corrected chi connectivity index (χ3v) is 4.61. The maximum Gasteiger partial charge on any atom is 0.263 e. The Balaban J connectivity index is 2.38. The van der Waals surface area contributed by atoms with Gasteiger partial charge in [0.25, 0.3) is 5.91 Å². The van der Waals surface area contributed by atoms with Crippen LogP contribution < -0.4 is 0 Å². The van der Waals surface area contributed by atoms with E-state index in [0.29, 0.717) is 16.6 Å². The average molecular weight is 366 g/mol. The summed E-state index contributed by atoms with van der Waals surface area (Å²) >= 11 is 0. The van der Waals surface area contributed by atoms with Crippen molar-refractivity contribution in [2.45, 2.75) is 33.2 Å². The van der Waals surface area contributed by atoms with Crippen LogP contribution in [0.25, 0.3) is 22.2 Å². The van der Waals surface area contributed by atoms with E-state index in [0.717, 1.165) is 11.1 Å². The Bertz CT molecular complexity index is 1030. The van der Waals surface area contributed by atoms with E-state index < -0.39 is 17.3 Å². The molecule has 1 heterocycles. The zero-order chi connectivity index (χ0) is 19.9. The van der Waals surface area contributed by atoms with E-state index in [9.17, 15) is 14.0 Å². The van der Waals surface area contributed by atoms with E-state index in [1.165, 1.54) is 24.0 Å². The second-order valence-corrected chi connectivity index (χ2v) is 7.64. The fraction of sp³-hybridized carbons (Fsp3) is 0.273. The number of nitrogens with zero attached hydrogens (tertiary/aromatic N) is 2. The van der Waals surface area contributed by atoms with Gasteiger partial charge in [-0.05, 0) is 44.5 Å². The molecule has 0 aliphatic rings. The number of carbonyl (C=O) groups is 2. The standard InChI is InChI=1S/C22H23FN2O2/c1-14(26)25(22(2,3)4)21(27)19-17-13-16(23)11-12-18(17)24(5)20(19)15-9-7-6-8-10-15/h6-13H,1-5H3. The quantitative estimate of drug-likeness (QED) is 0.655. The van der Waals surface area contributed by atoms with Crippen molar-refractivity contribution >= 4 is 22.7 Å². The van der Waals surface area contributed by atoms with Gasteiger partial charge >= 0.3 is 0 Å². The van der Waals surface area contributed by atoms with Gasteiger partial charge in [0.2, 0.25) is 5.91 Å². The van der Waals surface area contributed by atoms with Gasteiger partial charge in [0.05, 0.1) is 11.3 Å².